The van der Waals surface area contributed by atoms with E-state index in [2.05, 4.69) is 15.6 Å². The van der Waals surface area contributed by atoms with E-state index in [0.29, 0.717) is 37.4 Å². The summed E-state index contributed by atoms with van der Waals surface area (Å²) in [6, 6.07) is -0.928. The molecule has 1 unspecified atom stereocenters. The summed E-state index contributed by atoms with van der Waals surface area (Å²) in [5.74, 6) is -1.41. The third-order valence-electron chi connectivity index (χ3n) is 3.49. The molecule has 2 N–H and O–H groups in total. The molecule has 1 aliphatic rings. The minimum Gasteiger partial charge on any atom is -0.354 e. The van der Waals surface area contributed by atoms with Crippen LogP contribution in [0.1, 0.15) is 43.5 Å². The molecule has 0 fully saturated rings. The maximum absolute atomic E-state index is 13.2. The average molecular weight is 304 g/mol. The Morgan fingerprint density at radius 2 is 2.24 bits per heavy atom. The Bertz CT molecular complexity index is 524. The molecule has 1 amide bonds. The van der Waals surface area contributed by atoms with Crippen molar-refractivity contribution in [1.29, 1.82) is 0 Å². The van der Waals surface area contributed by atoms with Crippen LogP contribution >= 0.6 is 0 Å². The molecule has 1 atom stereocenters. The molecule has 0 aromatic carbocycles. The van der Waals surface area contributed by atoms with Gasteiger partial charge in [-0.2, -0.15) is 13.2 Å². The van der Waals surface area contributed by atoms with Crippen LogP contribution in [0.5, 0.6) is 0 Å². The number of nitrogens with zero attached hydrogens (tertiary/aromatic N) is 2. The van der Waals surface area contributed by atoms with E-state index in [4.69, 9.17) is 0 Å². The summed E-state index contributed by atoms with van der Waals surface area (Å²) >= 11 is 0. The van der Waals surface area contributed by atoms with Crippen LogP contribution in [0.25, 0.3) is 0 Å². The van der Waals surface area contributed by atoms with Gasteiger partial charge in [-0.3, -0.25) is 4.79 Å². The Morgan fingerprint density at radius 1 is 1.52 bits per heavy atom. The minimum absolute atomic E-state index is 0.300. The Kier molecular flexibility index (Phi) is 4.55. The van der Waals surface area contributed by atoms with Crippen molar-refractivity contribution >= 4 is 5.91 Å². The van der Waals surface area contributed by atoms with Crippen LogP contribution in [0.4, 0.5) is 13.2 Å². The first-order chi connectivity index (χ1) is 9.86. The monoisotopic (exact) mass is 304 g/mol. The van der Waals surface area contributed by atoms with E-state index in [1.807, 2.05) is 6.92 Å². The molecule has 1 aromatic rings. The number of fused-ring (bicyclic) bond motifs is 1. The molecule has 2 heterocycles. The van der Waals surface area contributed by atoms with Crippen molar-refractivity contribution in [3.05, 3.63) is 17.2 Å². The Balaban J connectivity index is 2.40. The molecule has 1 aromatic heterocycles. The summed E-state index contributed by atoms with van der Waals surface area (Å²) in [6.07, 6.45) is -3.41. The maximum Gasteiger partial charge on any atom is 0.449 e. The van der Waals surface area contributed by atoms with Gasteiger partial charge in [0, 0.05) is 31.7 Å². The second-order valence-electron chi connectivity index (χ2n) is 5.09. The first-order valence-electron chi connectivity index (χ1n) is 7.01. The standard InChI is InChI=1S/C13H19F3N4O/c1-3-5-18-11(21)8(2)20-10-4-6-17-7-9(10)19-12(20)13(14,15)16/h8,17H,3-7H2,1-2H3,(H,18,21). The third kappa shape index (κ3) is 3.20. The van der Waals surface area contributed by atoms with Gasteiger partial charge in [0.25, 0.3) is 0 Å². The molecule has 2 rings (SSSR count). The molecule has 0 radical (unpaired) electrons. The summed E-state index contributed by atoms with van der Waals surface area (Å²) in [5.41, 5.74) is 0.879. The van der Waals surface area contributed by atoms with Crippen LogP contribution in [0.2, 0.25) is 0 Å². The predicted octanol–water partition coefficient (Wildman–Crippen LogP) is 1.63. The summed E-state index contributed by atoms with van der Waals surface area (Å²) in [7, 11) is 0. The summed E-state index contributed by atoms with van der Waals surface area (Å²) in [5, 5.41) is 5.63. The zero-order chi connectivity index (χ0) is 15.6. The molecular formula is C13H19F3N4O. The Labute approximate surface area is 120 Å². The lowest BCUT2D eigenvalue weighted by Gasteiger charge is -2.21. The predicted molar refractivity (Wildman–Crippen MR) is 70.7 cm³/mol. The lowest BCUT2D eigenvalue weighted by atomic mass is 10.1. The van der Waals surface area contributed by atoms with Gasteiger partial charge in [-0.1, -0.05) is 6.92 Å². The first kappa shape index (κ1) is 15.8. The van der Waals surface area contributed by atoms with Crippen molar-refractivity contribution < 1.29 is 18.0 Å². The SMILES string of the molecule is CCCNC(=O)C(C)n1c(C(F)(F)F)nc2c1CCNC2. The van der Waals surface area contributed by atoms with Gasteiger partial charge in [0.2, 0.25) is 11.7 Å². The van der Waals surface area contributed by atoms with E-state index in [0.717, 1.165) is 11.0 Å². The molecule has 21 heavy (non-hydrogen) atoms. The average Bonchev–Trinajstić information content (AvgIpc) is 2.83. The first-order valence-corrected chi connectivity index (χ1v) is 7.01. The van der Waals surface area contributed by atoms with Crippen LogP contribution in [0, 0.1) is 0 Å². The van der Waals surface area contributed by atoms with Gasteiger partial charge in [-0.15, -0.1) is 0 Å². The van der Waals surface area contributed by atoms with Crippen LogP contribution in [0.15, 0.2) is 0 Å². The normalized spacial score (nSPS) is 16.4. The van der Waals surface area contributed by atoms with E-state index in [-0.39, 0.29) is 0 Å². The highest BCUT2D eigenvalue weighted by Crippen LogP contribution is 2.33. The molecule has 1 aliphatic heterocycles. The summed E-state index contributed by atoms with van der Waals surface area (Å²) < 4.78 is 40.6. The highest BCUT2D eigenvalue weighted by atomic mass is 19.4. The second kappa shape index (κ2) is 6.05. The molecule has 0 saturated heterocycles. The lowest BCUT2D eigenvalue weighted by molar-refractivity contribution is -0.148. The van der Waals surface area contributed by atoms with Crippen LogP contribution in [-0.4, -0.2) is 28.5 Å². The Hall–Kier alpha value is -1.57. The molecule has 118 valence electrons. The number of nitrogens with one attached hydrogen (secondary N) is 2. The number of carbonyl (C=O) groups is 1. The van der Waals surface area contributed by atoms with E-state index < -0.39 is 23.9 Å². The largest absolute Gasteiger partial charge is 0.449 e. The highest BCUT2D eigenvalue weighted by molar-refractivity contribution is 5.80. The number of amides is 1. The Morgan fingerprint density at radius 3 is 2.86 bits per heavy atom. The van der Waals surface area contributed by atoms with E-state index in [1.54, 1.807) is 0 Å². The van der Waals surface area contributed by atoms with Crippen molar-refractivity contribution in [1.82, 2.24) is 20.2 Å². The number of rotatable bonds is 4. The number of carbonyl (C=O) groups excluding carboxylic acids is 1. The molecule has 0 saturated carbocycles. The zero-order valence-electron chi connectivity index (χ0n) is 12.0. The van der Waals surface area contributed by atoms with E-state index >= 15 is 0 Å². The van der Waals surface area contributed by atoms with Gasteiger partial charge in [0.05, 0.1) is 5.69 Å². The minimum atomic E-state index is -4.57. The molecule has 5 nitrogen and oxygen atoms in total. The number of alkyl halides is 3. The van der Waals surface area contributed by atoms with Crippen molar-refractivity contribution in [2.75, 3.05) is 13.1 Å². The van der Waals surface area contributed by atoms with Crippen LogP contribution in [-0.2, 0) is 23.9 Å². The van der Waals surface area contributed by atoms with Crippen molar-refractivity contribution in [2.24, 2.45) is 0 Å². The number of hydrogen-bond acceptors (Lipinski definition) is 3. The fraction of sp³-hybridized carbons (Fsp3) is 0.692. The van der Waals surface area contributed by atoms with Gasteiger partial charge in [-0.05, 0) is 13.3 Å². The maximum atomic E-state index is 13.2. The van der Waals surface area contributed by atoms with Crippen molar-refractivity contribution in [3.8, 4) is 0 Å². The number of aromatic nitrogens is 2. The number of halogens is 3. The molecule has 0 aliphatic carbocycles. The second-order valence-corrected chi connectivity index (χ2v) is 5.09. The highest BCUT2D eigenvalue weighted by Gasteiger charge is 2.41. The van der Waals surface area contributed by atoms with Gasteiger partial charge < -0.3 is 15.2 Å². The number of imidazole rings is 1. The quantitative estimate of drug-likeness (QED) is 0.889. The summed E-state index contributed by atoms with van der Waals surface area (Å²) in [6.45, 7) is 4.69. The summed E-state index contributed by atoms with van der Waals surface area (Å²) in [4.78, 5) is 15.7. The fourth-order valence-electron chi connectivity index (χ4n) is 2.46. The lowest BCUT2D eigenvalue weighted by Crippen LogP contribution is -2.35. The van der Waals surface area contributed by atoms with Gasteiger partial charge in [-0.25, -0.2) is 4.98 Å². The third-order valence-corrected chi connectivity index (χ3v) is 3.49. The molecular weight excluding hydrogens is 285 g/mol. The number of hydrogen-bond donors (Lipinski definition) is 2. The van der Waals surface area contributed by atoms with Gasteiger partial charge in [0.15, 0.2) is 0 Å². The zero-order valence-corrected chi connectivity index (χ0v) is 12.0. The van der Waals surface area contributed by atoms with Crippen molar-refractivity contribution in [3.63, 3.8) is 0 Å². The molecule has 8 heteroatoms. The molecule has 0 spiro atoms. The van der Waals surface area contributed by atoms with E-state index in [9.17, 15) is 18.0 Å². The van der Waals surface area contributed by atoms with Crippen LogP contribution in [0.3, 0.4) is 0 Å². The van der Waals surface area contributed by atoms with Gasteiger partial charge >= 0.3 is 6.18 Å². The van der Waals surface area contributed by atoms with Gasteiger partial charge in [0.1, 0.15) is 6.04 Å². The van der Waals surface area contributed by atoms with E-state index in [1.165, 1.54) is 6.92 Å². The van der Waals surface area contributed by atoms with Crippen molar-refractivity contribution in [2.45, 2.75) is 45.5 Å². The topological polar surface area (TPSA) is 59.0 Å². The fourth-order valence-corrected chi connectivity index (χ4v) is 2.46. The smallest absolute Gasteiger partial charge is 0.354 e. The van der Waals surface area contributed by atoms with Crippen LogP contribution < -0.4 is 10.6 Å². The molecule has 0 bridgehead atoms.